The highest BCUT2D eigenvalue weighted by Gasteiger charge is 2.27. The number of nitrogens with one attached hydrogen (secondary N) is 1. The summed E-state index contributed by atoms with van der Waals surface area (Å²) in [5.74, 6) is -0.534. The molecule has 0 aliphatic rings. The summed E-state index contributed by atoms with van der Waals surface area (Å²) < 4.78 is 30.4. The minimum atomic E-state index is -4.70. The minimum absolute atomic E-state index is 0.0223. The molecule has 462 valence electrons. The zero-order valence-corrected chi connectivity index (χ0v) is 53.7. The summed E-state index contributed by atoms with van der Waals surface area (Å²) in [4.78, 5) is 40.0. The van der Waals surface area contributed by atoms with Gasteiger partial charge in [-0.25, -0.2) is 0 Å². The van der Waals surface area contributed by atoms with Gasteiger partial charge in [0.05, 0.1) is 33.8 Å². The summed E-state index contributed by atoms with van der Waals surface area (Å²) in [6.07, 6.45) is 74.7. The fourth-order valence-electron chi connectivity index (χ4n) is 9.74. The van der Waals surface area contributed by atoms with Crippen molar-refractivity contribution in [3.63, 3.8) is 0 Å². The smallest absolute Gasteiger partial charge is 0.306 e. The lowest BCUT2D eigenvalue weighted by Gasteiger charge is -2.30. The molecule has 3 unspecified atom stereocenters. The average Bonchev–Trinajstić information content (AvgIpc) is 3.41. The van der Waals surface area contributed by atoms with Crippen LogP contribution in [0.4, 0.5) is 0 Å². The van der Waals surface area contributed by atoms with E-state index in [-0.39, 0.29) is 31.5 Å². The Morgan fingerprint density at radius 2 is 0.772 bits per heavy atom. The lowest BCUT2D eigenvalue weighted by Crippen LogP contribution is -2.47. The molecular weight excluding hydrogens is 1000 g/mol. The van der Waals surface area contributed by atoms with Crippen molar-refractivity contribution in [2.45, 2.75) is 328 Å². The number of ether oxygens (including phenoxy) is 1. The summed E-state index contributed by atoms with van der Waals surface area (Å²) in [5.41, 5.74) is 0. The van der Waals surface area contributed by atoms with E-state index in [1.54, 1.807) is 0 Å². The first-order valence-electron chi connectivity index (χ1n) is 33.6. The maximum Gasteiger partial charge on any atom is 0.306 e. The van der Waals surface area contributed by atoms with Gasteiger partial charge < -0.3 is 28.5 Å². The van der Waals surface area contributed by atoms with Crippen molar-refractivity contribution in [3.05, 3.63) is 60.8 Å². The van der Waals surface area contributed by atoms with Crippen LogP contribution in [0, 0.1) is 0 Å². The third-order valence-electron chi connectivity index (χ3n) is 15.0. The van der Waals surface area contributed by atoms with Crippen molar-refractivity contribution in [1.82, 2.24) is 5.32 Å². The van der Waals surface area contributed by atoms with Gasteiger partial charge in [0.25, 0.3) is 7.82 Å². The number of carbonyl (C=O) groups excluding carboxylic acids is 2. The zero-order valence-electron chi connectivity index (χ0n) is 52.8. The molecule has 9 nitrogen and oxygen atoms in total. The second-order valence-electron chi connectivity index (χ2n) is 24.0. The molecule has 0 saturated heterocycles. The first-order valence-corrected chi connectivity index (χ1v) is 35.1. The number of carbonyl (C=O) groups is 2. The van der Waals surface area contributed by atoms with E-state index in [4.69, 9.17) is 13.8 Å². The molecule has 10 heteroatoms. The van der Waals surface area contributed by atoms with Gasteiger partial charge in [-0.1, -0.05) is 287 Å². The number of unbranched alkanes of at least 4 members (excludes halogenated alkanes) is 37. The highest BCUT2D eigenvalue weighted by atomic mass is 31.2. The van der Waals surface area contributed by atoms with Crippen LogP contribution in [0.25, 0.3) is 0 Å². The van der Waals surface area contributed by atoms with E-state index in [9.17, 15) is 19.0 Å². The number of amides is 1. The molecule has 0 aliphatic carbocycles. The summed E-state index contributed by atoms with van der Waals surface area (Å²) in [7, 11) is 1.19. The van der Waals surface area contributed by atoms with E-state index < -0.39 is 20.0 Å². The first kappa shape index (κ1) is 76.7. The van der Waals surface area contributed by atoms with Gasteiger partial charge in [0.2, 0.25) is 5.91 Å². The van der Waals surface area contributed by atoms with Crippen molar-refractivity contribution in [2.75, 3.05) is 40.9 Å². The zero-order chi connectivity index (χ0) is 57.9. The number of allylic oxidation sites excluding steroid dienone is 9. The van der Waals surface area contributed by atoms with Crippen LogP contribution in [0.2, 0.25) is 0 Å². The molecule has 0 spiro atoms. The second-order valence-corrected chi connectivity index (χ2v) is 25.4. The molecule has 0 radical (unpaired) electrons. The van der Waals surface area contributed by atoms with Crippen molar-refractivity contribution < 1.29 is 37.3 Å². The number of hydrogen-bond donors (Lipinski definition) is 1. The normalized spacial score (nSPS) is 14.0. The van der Waals surface area contributed by atoms with E-state index in [1.807, 2.05) is 33.3 Å². The SMILES string of the molecule is CCCCC/C=C\C/C=C\C/C=C\C/C=C\CCCCCCCCCCCCCC(=O)NC(COP(=O)([O-])OCC[N+](C)(C)C)C(/C=C\CCCCCCCCCCCC)OC(=O)CCCCCCCCCCCCCCCC. The molecule has 0 fully saturated rings. The number of hydrogen-bond acceptors (Lipinski definition) is 7. The molecule has 0 aromatic heterocycles. The van der Waals surface area contributed by atoms with Gasteiger partial charge in [-0.2, -0.15) is 0 Å². The van der Waals surface area contributed by atoms with Crippen LogP contribution in [-0.2, 0) is 27.9 Å². The summed E-state index contributed by atoms with van der Waals surface area (Å²) >= 11 is 0. The molecule has 3 atom stereocenters. The Balaban J connectivity index is 5.04. The number of likely N-dealkylation sites (N-methyl/N-ethyl adjacent to an activating group) is 1. The maximum atomic E-state index is 13.6. The van der Waals surface area contributed by atoms with Gasteiger partial charge in [-0.05, 0) is 76.7 Å². The summed E-state index contributed by atoms with van der Waals surface area (Å²) in [6.45, 7) is 6.84. The molecule has 0 bridgehead atoms. The standard InChI is InChI=1S/C69H129N2O7P/c1-7-10-13-16-19-22-25-28-30-31-32-33-34-35-36-37-38-39-40-41-42-43-46-49-52-55-58-61-68(72)70-66(65-77-79(74,75)76-64-63-71(4,5)6)67(60-57-54-51-48-45-27-24-21-18-15-12-9-3)78-69(73)62-59-56-53-50-47-44-29-26-23-20-17-14-11-8-2/h19,22,28,30,32-33,35-36,57,60,66-67H,7-18,20-21,23-27,29,31,34,37-56,58-59,61-65H2,1-6H3,(H-,70,72,74,75)/b22-19-,30-28-,33-32-,36-35-,60-57-. The van der Waals surface area contributed by atoms with E-state index in [0.717, 1.165) is 83.5 Å². The topological polar surface area (TPSA) is 114 Å². The highest BCUT2D eigenvalue weighted by molar-refractivity contribution is 7.45. The Morgan fingerprint density at radius 1 is 0.443 bits per heavy atom. The fourth-order valence-corrected chi connectivity index (χ4v) is 10.5. The quantitative estimate of drug-likeness (QED) is 0.0212. The third-order valence-corrected chi connectivity index (χ3v) is 15.9. The van der Waals surface area contributed by atoms with Crippen LogP contribution < -0.4 is 10.2 Å². The van der Waals surface area contributed by atoms with Gasteiger partial charge in [-0.15, -0.1) is 0 Å². The second kappa shape index (κ2) is 58.9. The van der Waals surface area contributed by atoms with E-state index in [1.165, 1.54) is 199 Å². The Kier molecular flexibility index (Phi) is 57.2. The molecule has 0 aromatic rings. The molecular formula is C69H129N2O7P. The lowest BCUT2D eigenvalue weighted by atomic mass is 10.0. The molecule has 0 saturated carbocycles. The Morgan fingerprint density at radius 3 is 1.18 bits per heavy atom. The predicted molar refractivity (Wildman–Crippen MR) is 339 cm³/mol. The Labute approximate surface area is 490 Å². The molecule has 0 heterocycles. The van der Waals surface area contributed by atoms with Crippen LogP contribution in [0.1, 0.15) is 316 Å². The molecule has 0 rings (SSSR count). The Bertz CT molecular complexity index is 1540. The average molecular weight is 1130 g/mol. The number of rotatable bonds is 61. The Hall–Kier alpha value is -2.29. The molecule has 1 amide bonds. The number of esters is 1. The number of phosphoric ester groups is 1. The highest BCUT2D eigenvalue weighted by Crippen LogP contribution is 2.38. The van der Waals surface area contributed by atoms with Gasteiger partial charge in [0.15, 0.2) is 0 Å². The van der Waals surface area contributed by atoms with Crippen molar-refractivity contribution in [1.29, 1.82) is 0 Å². The summed E-state index contributed by atoms with van der Waals surface area (Å²) in [6, 6.07) is -0.889. The largest absolute Gasteiger partial charge is 0.756 e. The van der Waals surface area contributed by atoms with Gasteiger partial charge in [0, 0.05) is 12.8 Å². The molecule has 1 N–H and O–H groups in total. The van der Waals surface area contributed by atoms with Gasteiger partial charge >= 0.3 is 5.97 Å². The molecule has 0 aromatic carbocycles. The monoisotopic (exact) mass is 1130 g/mol. The lowest BCUT2D eigenvalue weighted by molar-refractivity contribution is -0.870. The molecule has 79 heavy (non-hydrogen) atoms. The van der Waals surface area contributed by atoms with Gasteiger partial charge in [-0.3, -0.25) is 14.2 Å². The van der Waals surface area contributed by atoms with Crippen molar-refractivity contribution in [2.24, 2.45) is 0 Å². The predicted octanol–water partition coefficient (Wildman–Crippen LogP) is 20.4. The van der Waals surface area contributed by atoms with Crippen LogP contribution in [0.15, 0.2) is 60.8 Å². The number of phosphoric acid groups is 1. The third kappa shape index (κ3) is 60.1. The maximum absolute atomic E-state index is 13.6. The van der Waals surface area contributed by atoms with E-state index in [2.05, 4.69) is 74.7 Å². The summed E-state index contributed by atoms with van der Waals surface area (Å²) in [5, 5.41) is 3.04. The minimum Gasteiger partial charge on any atom is -0.756 e. The number of quaternary nitrogens is 1. The first-order chi connectivity index (χ1) is 38.4. The fraction of sp³-hybridized carbons (Fsp3) is 0.826. The van der Waals surface area contributed by atoms with Crippen molar-refractivity contribution >= 4 is 19.7 Å². The molecule has 0 aliphatic heterocycles. The van der Waals surface area contributed by atoms with Crippen LogP contribution in [-0.4, -0.2) is 69.4 Å². The van der Waals surface area contributed by atoms with E-state index in [0.29, 0.717) is 17.4 Å². The number of nitrogens with zero attached hydrogens (tertiary/aromatic N) is 1. The van der Waals surface area contributed by atoms with Crippen LogP contribution in [0.5, 0.6) is 0 Å². The van der Waals surface area contributed by atoms with E-state index >= 15 is 0 Å². The van der Waals surface area contributed by atoms with Crippen LogP contribution in [0.3, 0.4) is 0 Å². The van der Waals surface area contributed by atoms with Gasteiger partial charge in [0.1, 0.15) is 19.3 Å². The van der Waals surface area contributed by atoms with Crippen molar-refractivity contribution in [3.8, 4) is 0 Å². The van der Waals surface area contributed by atoms with Crippen LogP contribution >= 0.6 is 7.82 Å².